The summed E-state index contributed by atoms with van der Waals surface area (Å²) in [4.78, 5) is 64.4. The number of carbonyl (C=O) groups is 4. The Balaban J connectivity index is 1.01. The van der Waals surface area contributed by atoms with Crippen molar-refractivity contribution in [1.29, 1.82) is 0 Å². The first-order valence-corrected chi connectivity index (χ1v) is 32.4. The molecule has 0 spiro atoms. The highest BCUT2D eigenvalue weighted by Gasteiger charge is 2.45. The predicted octanol–water partition coefficient (Wildman–Crippen LogP) is 9.13. The minimum absolute atomic E-state index is 0.0178. The molecule has 3 atom stereocenters. The zero-order valence-electron chi connectivity index (χ0n) is 43.9. The average Bonchev–Trinajstić information content (AvgIpc) is 4.01. The Labute approximate surface area is 431 Å². The van der Waals surface area contributed by atoms with E-state index in [1.54, 1.807) is 60.7 Å². The van der Waals surface area contributed by atoms with Crippen LogP contribution < -0.4 is 33.5 Å². The number of methoxy groups -OCH3 is 4. The van der Waals surface area contributed by atoms with Gasteiger partial charge in [0.25, 0.3) is 23.6 Å². The zero-order valence-corrected chi connectivity index (χ0v) is 45.9. The molecule has 5 aliphatic rings. The fourth-order valence-corrected chi connectivity index (χ4v) is 10.8. The van der Waals surface area contributed by atoms with Crippen LogP contribution in [0.25, 0.3) is 5.57 Å². The molecule has 1 aliphatic carbocycles. The lowest BCUT2D eigenvalue weighted by atomic mass is 9.96. The first-order valence-electron chi connectivity index (χ1n) is 25.0. The highest BCUT2D eigenvalue weighted by molar-refractivity contribution is 6.76. The van der Waals surface area contributed by atoms with Crippen LogP contribution in [-0.4, -0.2) is 136 Å². The molecule has 0 N–H and O–H groups in total. The van der Waals surface area contributed by atoms with E-state index in [0.29, 0.717) is 84.6 Å². The van der Waals surface area contributed by atoms with E-state index in [1.807, 2.05) is 36.4 Å². The lowest BCUT2D eigenvalue weighted by molar-refractivity contribution is -0.123. The topological polar surface area (TPSA) is 155 Å². The minimum atomic E-state index is -1.45. The van der Waals surface area contributed by atoms with Gasteiger partial charge in [-0.05, 0) is 65.1 Å². The Morgan fingerprint density at radius 2 is 1.08 bits per heavy atom. The third-order valence-corrected chi connectivity index (χ3v) is 17.1. The van der Waals surface area contributed by atoms with Crippen LogP contribution in [0.1, 0.15) is 52.0 Å². The Kier molecular flexibility index (Phi) is 16.4. The van der Waals surface area contributed by atoms with Crippen LogP contribution in [0.5, 0.6) is 28.7 Å². The molecule has 8 rings (SSSR count). The standard InChI is InChI=1S/C55H70N4O12Si2/c1-64-40-16-12-36(13-17-40)38-26-46-54(62)58(34-68-22-24-72(5,6)7)44-30-50(48(66-3)28-42(44)52(60)56(46)32-38)70-20-11-21-71-51-31-45-43(29-49(51)67-4)53(61)57-33-39(37-14-18-41(65-2)19-15-37)27-47(57)55(63)59(45)35-69-23-25-73(8,9)10/h12-18,28-33,41,46-47H,11,19-27,34-35H2,1-10H3/t41?,46-,47-/m0/s1. The van der Waals surface area contributed by atoms with Crippen molar-refractivity contribution in [2.75, 3.05) is 78.1 Å². The van der Waals surface area contributed by atoms with Gasteiger partial charge < -0.3 is 47.7 Å². The molecule has 0 fully saturated rings. The molecule has 4 aliphatic heterocycles. The van der Waals surface area contributed by atoms with Gasteiger partial charge in [0.1, 0.15) is 31.3 Å². The third-order valence-electron chi connectivity index (χ3n) is 13.7. The van der Waals surface area contributed by atoms with Crippen LogP contribution >= 0.6 is 0 Å². The molecule has 390 valence electrons. The third kappa shape index (κ3) is 11.9. The Morgan fingerprint density at radius 1 is 0.589 bits per heavy atom. The number of allylic oxidation sites excluding steroid dienone is 2. The second-order valence-electron chi connectivity index (χ2n) is 21.2. The fourth-order valence-electron chi connectivity index (χ4n) is 9.32. The van der Waals surface area contributed by atoms with Crippen molar-refractivity contribution < 1.29 is 57.1 Å². The number of carbonyl (C=O) groups excluding carboxylic acids is 4. The van der Waals surface area contributed by atoms with Gasteiger partial charge in [0.15, 0.2) is 23.0 Å². The average molecular weight is 1040 g/mol. The lowest BCUT2D eigenvalue weighted by Gasteiger charge is -2.27. The van der Waals surface area contributed by atoms with E-state index >= 15 is 0 Å². The van der Waals surface area contributed by atoms with Crippen molar-refractivity contribution >= 4 is 56.7 Å². The van der Waals surface area contributed by atoms with Gasteiger partial charge in [-0.25, -0.2) is 0 Å². The van der Waals surface area contributed by atoms with Crippen LogP contribution in [0.2, 0.25) is 51.4 Å². The maximum atomic E-state index is 14.6. The van der Waals surface area contributed by atoms with Gasteiger partial charge in [-0.3, -0.25) is 29.0 Å². The van der Waals surface area contributed by atoms with Crippen LogP contribution in [0.4, 0.5) is 11.4 Å². The second-order valence-corrected chi connectivity index (χ2v) is 32.5. The molecule has 0 aromatic heterocycles. The molecule has 73 heavy (non-hydrogen) atoms. The van der Waals surface area contributed by atoms with E-state index in [2.05, 4.69) is 45.4 Å². The number of hydrogen-bond donors (Lipinski definition) is 0. The Bertz CT molecular complexity index is 2710. The highest BCUT2D eigenvalue weighted by Crippen LogP contribution is 2.44. The summed E-state index contributed by atoms with van der Waals surface area (Å²) in [5.41, 5.74) is 4.93. The highest BCUT2D eigenvalue weighted by atomic mass is 28.3. The van der Waals surface area contributed by atoms with E-state index < -0.39 is 28.2 Å². The second kappa shape index (κ2) is 22.5. The molecular formula is C55H70N4O12Si2. The molecule has 0 saturated carbocycles. The van der Waals surface area contributed by atoms with Crippen molar-refractivity contribution in [3.05, 3.63) is 107 Å². The number of hydrogen-bond acceptors (Lipinski definition) is 12. The number of benzene rings is 3. The van der Waals surface area contributed by atoms with Crippen LogP contribution in [0.3, 0.4) is 0 Å². The quantitative estimate of drug-likeness (QED) is 0.0696. The first kappa shape index (κ1) is 53.1. The summed E-state index contributed by atoms with van der Waals surface area (Å²) in [7, 11) is 3.40. The number of rotatable bonds is 22. The lowest BCUT2D eigenvalue weighted by Crippen LogP contribution is -2.45. The fraction of sp³-hybridized carbons (Fsp3) is 0.455. The molecule has 1 unspecified atom stereocenters. The SMILES string of the molecule is COc1ccc(C2=CN3C(=O)c4cc(OC)c(OCCCOc5cc6c(cc5OC)C(=O)N5C=C(C7=CCC(OC)C=C7)C[C@H]5C(=O)N6COCC[Si](C)(C)C)cc4N(COCC[Si](C)(C)C)C(=O)[C@@H]3C2)cc1. The van der Waals surface area contributed by atoms with E-state index in [9.17, 15) is 19.2 Å². The van der Waals surface area contributed by atoms with Crippen LogP contribution in [-0.2, 0) is 23.8 Å². The molecule has 4 amide bonds. The largest absolute Gasteiger partial charge is 0.497 e. The van der Waals surface area contributed by atoms with Gasteiger partial charge >= 0.3 is 0 Å². The summed E-state index contributed by atoms with van der Waals surface area (Å²) in [5.74, 6) is 0.840. The van der Waals surface area contributed by atoms with E-state index in [4.69, 9.17) is 37.9 Å². The smallest absolute Gasteiger partial charge is 0.260 e. The van der Waals surface area contributed by atoms with Crippen molar-refractivity contribution in [1.82, 2.24) is 9.80 Å². The number of anilines is 2. The van der Waals surface area contributed by atoms with Gasteiger partial charge in [-0.2, -0.15) is 0 Å². The van der Waals surface area contributed by atoms with Gasteiger partial charge in [-0.15, -0.1) is 0 Å². The minimum Gasteiger partial charge on any atom is -0.497 e. The molecule has 4 heterocycles. The van der Waals surface area contributed by atoms with E-state index in [0.717, 1.165) is 34.4 Å². The van der Waals surface area contributed by atoms with Crippen molar-refractivity contribution in [3.63, 3.8) is 0 Å². The molecular weight excluding hydrogens is 965 g/mol. The molecule has 0 bridgehead atoms. The molecule has 18 heteroatoms. The predicted molar refractivity (Wildman–Crippen MR) is 285 cm³/mol. The Morgan fingerprint density at radius 3 is 1.52 bits per heavy atom. The molecule has 0 radical (unpaired) electrons. The van der Waals surface area contributed by atoms with Crippen LogP contribution in [0, 0.1) is 0 Å². The number of amides is 4. The summed E-state index contributed by atoms with van der Waals surface area (Å²) in [6.45, 7) is 14.8. The van der Waals surface area contributed by atoms with E-state index in [1.165, 1.54) is 24.0 Å². The summed E-state index contributed by atoms with van der Waals surface area (Å²) in [6.07, 6.45) is 11.4. The summed E-state index contributed by atoms with van der Waals surface area (Å²) >= 11 is 0. The molecule has 0 saturated heterocycles. The van der Waals surface area contributed by atoms with Crippen LogP contribution in [0.15, 0.2) is 90.3 Å². The zero-order chi connectivity index (χ0) is 52.2. The van der Waals surface area contributed by atoms with Gasteiger partial charge in [0.2, 0.25) is 0 Å². The normalized spacial score (nSPS) is 19.6. The maximum absolute atomic E-state index is 14.6. The number of fused-ring (bicyclic) bond motifs is 4. The maximum Gasteiger partial charge on any atom is 0.260 e. The van der Waals surface area contributed by atoms with Crippen molar-refractivity contribution in [2.45, 2.75) is 95.2 Å². The summed E-state index contributed by atoms with van der Waals surface area (Å²) in [6, 6.07) is 14.4. The Hall–Kier alpha value is -6.19. The molecule has 3 aromatic carbocycles. The van der Waals surface area contributed by atoms with E-state index in [-0.39, 0.29) is 62.0 Å². The first-order chi connectivity index (χ1) is 34.9. The van der Waals surface area contributed by atoms with Crippen molar-refractivity contribution in [2.24, 2.45) is 0 Å². The van der Waals surface area contributed by atoms with Gasteiger partial charge in [-0.1, -0.05) is 69.6 Å². The van der Waals surface area contributed by atoms with Gasteiger partial charge in [0.05, 0.1) is 63.1 Å². The number of ether oxygens (including phenoxy) is 8. The number of nitrogens with zero attached hydrogens (tertiary/aromatic N) is 4. The monoisotopic (exact) mass is 1030 g/mol. The molecule has 3 aromatic rings. The molecule has 16 nitrogen and oxygen atoms in total. The van der Waals surface area contributed by atoms with Gasteiger partial charge in [0, 0.05) is 80.3 Å². The summed E-state index contributed by atoms with van der Waals surface area (Å²) < 4.78 is 47.6. The summed E-state index contributed by atoms with van der Waals surface area (Å²) in [5, 5.41) is 0. The van der Waals surface area contributed by atoms with Crippen molar-refractivity contribution in [3.8, 4) is 28.7 Å².